The molecule has 2 aliphatic rings. The third-order valence-electron chi connectivity index (χ3n) is 5.05. The summed E-state index contributed by atoms with van der Waals surface area (Å²) in [5.41, 5.74) is 3.10. The van der Waals surface area contributed by atoms with Gasteiger partial charge in [-0.25, -0.2) is 8.42 Å². The van der Waals surface area contributed by atoms with Crippen LogP contribution >= 0.6 is 11.8 Å². The van der Waals surface area contributed by atoms with Gasteiger partial charge in [0.05, 0.1) is 24.0 Å². The molecule has 0 unspecified atom stereocenters. The highest BCUT2D eigenvalue weighted by Crippen LogP contribution is 2.43. The zero-order chi connectivity index (χ0) is 20.5. The number of amidine groups is 1. The first-order valence-electron chi connectivity index (χ1n) is 9.36. The average molecular weight is 425 g/mol. The van der Waals surface area contributed by atoms with E-state index in [0.717, 1.165) is 29.7 Å². The Hall–Kier alpha value is -1.87. The molecule has 0 saturated carbocycles. The van der Waals surface area contributed by atoms with Gasteiger partial charge in [-0.05, 0) is 24.0 Å². The molecule has 7 nitrogen and oxygen atoms in total. The monoisotopic (exact) mass is 424 g/mol. The molecule has 0 bridgehead atoms. The number of thioether (sulfide) groups is 1. The number of anilines is 1. The van der Waals surface area contributed by atoms with Crippen LogP contribution in [0.4, 0.5) is 5.69 Å². The summed E-state index contributed by atoms with van der Waals surface area (Å²) in [7, 11) is -3.14. The fourth-order valence-electron chi connectivity index (χ4n) is 3.73. The van der Waals surface area contributed by atoms with Crippen LogP contribution < -0.4 is 4.90 Å². The van der Waals surface area contributed by atoms with Crippen molar-refractivity contribution < 1.29 is 23.1 Å². The zero-order valence-electron chi connectivity index (χ0n) is 15.9. The van der Waals surface area contributed by atoms with Crippen molar-refractivity contribution in [2.24, 2.45) is 4.99 Å². The van der Waals surface area contributed by atoms with Gasteiger partial charge in [0.2, 0.25) is 5.91 Å². The second-order valence-electron chi connectivity index (χ2n) is 6.98. The Morgan fingerprint density at radius 2 is 1.82 bits per heavy atom. The normalized spacial score (nSPS) is 24.5. The first-order valence-corrected chi connectivity index (χ1v) is 12.1. The average Bonchev–Trinajstić information content (AvgIpc) is 3.09. The van der Waals surface area contributed by atoms with Crippen molar-refractivity contribution in [1.29, 1.82) is 0 Å². The number of carboxylic acid groups (broad SMARTS) is 1. The van der Waals surface area contributed by atoms with Crippen molar-refractivity contribution >= 4 is 44.3 Å². The molecule has 2 fully saturated rings. The number of amides is 1. The van der Waals surface area contributed by atoms with Crippen LogP contribution in [0.15, 0.2) is 23.2 Å². The van der Waals surface area contributed by atoms with Gasteiger partial charge in [-0.1, -0.05) is 43.8 Å². The molecule has 2 aliphatic heterocycles. The topological polar surface area (TPSA) is 104 Å². The fraction of sp³-hybridized carbons (Fsp3) is 0.526. The van der Waals surface area contributed by atoms with Crippen molar-refractivity contribution in [3.05, 3.63) is 29.3 Å². The van der Waals surface area contributed by atoms with Crippen molar-refractivity contribution in [3.63, 3.8) is 0 Å². The van der Waals surface area contributed by atoms with Crippen molar-refractivity contribution in [2.75, 3.05) is 16.4 Å². The molecule has 1 amide bonds. The molecular weight excluding hydrogens is 400 g/mol. The molecule has 2 atom stereocenters. The quantitative estimate of drug-likeness (QED) is 0.747. The van der Waals surface area contributed by atoms with Gasteiger partial charge >= 0.3 is 5.97 Å². The lowest BCUT2D eigenvalue weighted by molar-refractivity contribution is -0.138. The van der Waals surface area contributed by atoms with Crippen molar-refractivity contribution in [1.82, 2.24) is 0 Å². The summed E-state index contributed by atoms with van der Waals surface area (Å²) in [5, 5.41) is 9.10. The molecule has 3 rings (SSSR count). The van der Waals surface area contributed by atoms with Gasteiger partial charge in [-0.3, -0.25) is 9.59 Å². The summed E-state index contributed by atoms with van der Waals surface area (Å²) in [6.45, 7) is 4.08. The maximum atomic E-state index is 12.2. The molecular formula is C19H24N2O5S2. The number of aryl methyl sites for hydroxylation is 2. The van der Waals surface area contributed by atoms with Crippen LogP contribution in [0.1, 0.15) is 37.8 Å². The molecule has 152 valence electrons. The van der Waals surface area contributed by atoms with E-state index in [2.05, 4.69) is 4.99 Å². The predicted octanol–water partition coefficient (Wildman–Crippen LogP) is 2.28. The van der Waals surface area contributed by atoms with Crippen LogP contribution in [0.2, 0.25) is 0 Å². The van der Waals surface area contributed by atoms with E-state index in [9.17, 15) is 18.0 Å². The molecule has 0 aromatic heterocycles. The largest absolute Gasteiger partial charge is 0.481 e. The SMILES string of the molecule is CCc1cccc(CC)c1N1C(=NC(=O)CCC(=O)O)S[C@@H]2CS(=O)(=O)C[C@H]21. The molecule has 1 aromatic rings. The standard InChI is InChI=1S/C19H24N2O5S2/c1-3-12-6-5-7-13(4-2)18(12)21-14-10-28(25,26)11-15(14)27-19(21)20-16(22)8-9-17(23)24/h5-7,14-15H,3-4,8-11H2,1-2H3,(H,23,24)/t14-,15-/m1/s1. The van der Waals surface area contributed by atoms with Gasteiger partial charge in [-0.2, -0.15) is 4.99 Å². The van der Waals surface area contributed by atoms with Gasteiger partial charge < -0.3 is 10.0 Å². The lowest BCUT2D eigenvalue weighted by Crippen LogP contribution is -2.39. The Morgan fingerprint density at radius 3 is 2.39 bits per heavy atom. The number of aliphatic imine (C=N–C) groups is 1. The van der Waals surface area contributed by atoms with Crippen LogP contribution in [-0.2, 0) is 32.3 Å². The minimum Gasteiger partial charge on any atom is -0.481 e. The molecule has 2 saturated heterocycles. The maximum absolute atomic E-state index is 12.2. The molecule has 1 aromatic carbocycles. The lowest BCUT2D eigenvalue weighted by atomic mass is 10.0. The highest BCUT2D eigenvalue weighted by Gasteiger charge is 2.50. The number of carbonyl (C=O) groups excluding carboxylic acids is 1. The number of rotatable bonds is 6. The molecule has 0 spiro atoms. The Labute approximate surface area is 169 Å². The van der Waals surface area contributed by atoms with E-state index in [1.165, 1.54) is 11.8 Å². The third-order valence-corrected chi connectivity index (χ3v) is 8.26. The molecule has 0 aliphatic carbocycles. The predicted molar refractivity (Wildman–Crippen MR) is 111 cm³/mol. The summed E-state index contributed by atoms with van der Waals surface area (Å²) >= 11 is 1.32. The molecule has 1 N–H and O–H groups in total. The first kappa shape index (κ1) is 20.9. The van der Waals surface area contributed by atoms with Crippen molar-refractivity contribution in [3.8, 4) is 0 Å². The Balaban J connectivity index is 2.05. The van der Waals surface area contributed by atoms with Gasteiger partial charge in [-0.15, -0.1) is 0 Å². The Kier molecular flexibility index (Phi) is 6.14. The van der Waals surface area contributed by atoms with Crippen LogP contribution in [0.3, 0.4) is 0 Å². The molecule has 0 radical (unpaired) electrons. The number of carbonyl (C=O) groups is 2. The Morgan fingerprint density at radius 1 is 1.18 bits per heavy atom. The second-order valence-corrected chi connectivity index (χ2v) is 10.3. The van der Waals surface area contributed by atoms with E-state index in [-0.39, 0.29) is 35.6 Å². The number of para-hydroxylation sites is 1. The van der Waals surface area contributed by atoms with Gasteiger partial charge in [0.25, 0.3) is 0 Å². The minimum absolute atomic E-state index is 0.0359. The van der Waals surface area contributed by atoms with Crippen LogP contribution in [0.25, 0.3) is 0 Å². The van der Waals surface area contributed by atoms with E-state index < -0.39 is 21.7 Å². The van der Waals surface area contributed by atoms with Gasteiger partial charge in [0, 0.05) is 17.4 Å². The highest BCUT2D eigenvalue weighted by molar-refractivity contribution is 8.16. The lowest BCUT2D eigenvalue weighted by Gasteiger charge is -2.29. The van der Waals surface area contributed by atoms with Crippen LogP contribution in [0, 0.1) is 0 Å². The van der Waals surface area contributed by atoms with E-state index >= 15 is 0 Å². The summed E-state index contributed by atoms with van der Waals surface area (Å²) < 4.78 is 24.4. The minimum atomic E-state index is -3.14. The smallest absolute Gasteiger partial charge is 0.303 e. The summed E-state index contributed by atoms with van der Waals surface area (Å²) in [4.78, 5) is 29.1. The highest BCUT2D eigenvalue weighted by atomic mass is 32.2. The maximum Gasteiger partial charge on any atom is 0.303 e. The number of hydrogen-bond donors (Lipinski definition) is 1. The molecule has 2 heterocycles. The first-order chi connectivity index (χ1) is 13.3. The van der Waals surface area contributed by atoms with Gasteiger partial charge in [0.1, 0.15) is 0 Å². The van der Waals surface area contributed by atoms with E-state index in [0.29, 0.717) is 5.17 Å². The van der Waals surface area contributed by atoms with E-state index in [1.54, 1.807) is 0 Å². The summed E-state index contributed by atoms with van der Waals surface area (Å²) in [6.07, 6.45) is 1.10. The number of benzene rings is 1. The van der Waals surface area contributed by atoms with E-state index in [4.69, 9.17) is 5.11 Å². The number of sulfone groups is 1. The number of hydrogen-bond acceptors (Lipinski definition) is 5. The summed E-state index contributed by atoms with van der Waals surface area (Å²) in [5.74, 6) is -1.44. The second kappa shape index (κ2) is 8.24. The van der Waals surface area contributed by atoms with Crippen LogP contribution in [0.5, 0.6) is 0 Å². The molecule has 28 heavy (non-hydrogen) atoms. The van der Waals surface area contributed by atoms with Crippen LogP contribution in [-0.4, -0.2) is 53.4 Å². The van der Waals surface area contributed by atoms with E-state index in [1.807, 2.05) is 36.9 Å². The Bertz CT molecular complexity index is 904. The number of aliphatic carboxylic acids is 1. The number of nitrogens with zero attached hydrogens (tertiary/aromatic N) is 2. The number of carboxylic acids is 1. The molecule has 9 heteroatoms. The third kappa shape index (κ3) is 4.25. The van der Waals surface area contributed by atoms with Crippen molar-refractivity contribution in [2.45, 2.75) is 50.8 Å². The fourth-order valence-corrected chi connectivity index (χ4v) is 7.64. The number of fused-ring (bicyclic) bond motifs is 1. The zero-order valence-corrected chi connectivity index (χ0v) is 17.6. The van der Waals surface area contributed by atoms with Gasteiger partial charge in [0.15, 0.2) is 15.0 Å². The summed E-state index contributed by atoms with van der Waals surface area (Å²) in [6, 6.07) is 5.75.